The van der Waals surface area contributed by atoms with Crippen LogP contribution in [0.3, 0.4) is 0 Å². The second-order valence-electron chi connectivity index (χ2n) is 14.4. The largest absolute Gasteiger partial charge is 0.452 e. The van der Waals surface area contributed by atoms with Crippen molar-refractivity contribution in [3.8, 4) is 0 Å². The minimum atomic E-state index is -1.67. The molecule has 5 aromatic rings. The van der Waals surface area contributed by atoms with Gasteiger partial charge in [-0.1, -0.05) is 91.0 Å². The Morgan fingerprint density at radius 1 is 0.355 bits per heavy atom. The molecule has 0 radical (unpaired) electrons. The van der Waals surface area contributed by atoms with Gasteiger partial charge in [0.25, 0.3) is 0 Å². The van der Waals surface area contributed by atoms with E-state index in [1.807, 2.05) is 0 Å². The number of benzene rings is 5. The van der Waals surface area contributed by atoms with Crippen molar-refractivity contribution >= 4 is 29.8 Å². The lowest BCUT2D eigenvalue weighted by Crippen LogP contribution is -2.66. The SMILES string of the molecule is CO[C@H]1O[C@@H](C)[C@H](OC(=O)c2ccccc2)[C@@H](OC(=O)c2ccccc2)[C@@H]1O[C@@H]1O[C@@H](C)[C@H](OC(=O)c2ccccc2)[C@@H](OC(=O)c2ccccc2)[C@H]1OC(=O)c1ccccc1. The second-order valence-corrected chi connectivity index (χ2v) is 14.4. The predicted molar refractivity (Wildman–Crippen MR) is 219 cm³/mol. The lowest BCUT2D eigenvalue weighted by atomic mass is 9.96. The summed E-state index contributed by atoms with van der Waals surface area (Å²) in [6.07, 6.45) is -13.9. The van der Waals surface area contributed by atoms with E-state index in [2.05, 4.69) is 0 Å². The van der Waals surface area contributed by atoms with Crippen molar-refractivity contribution in [1.82, 2.24) is 0 Å². The summed E-state index contributed by atoms with van der Waals surface area (Å²) in [5, 5.41) is 0. The van der Waals surface area contributed by atoms with Gasteiger partial charge in [-0.3, -0.25) is 0 Å². The topological polar surface area (TPSA) is 168 Å². The van der Waals surface area contributed by atoms with Crippen LogP contribution < -0.4 is 0 Å². The first-order chi connectivity index (χ1) is 30.1. The van der Waals surface area contributed by atoms with E-state index >= 15 is 0 Å². The molecular formula is C48H44O14. The molecule has 0 saturated carbocycles. The molecule has 2 heterocycles. The summed E-state index contributed by atoms with van der Waals surface area (Å²) in [7, 11) is 1.33. The zero-order valence-corrected chi connectivity index (χ0v) is 33.9. The first kappa shape index (κ1) is 43.4. The van der Waals surface area contributed by atoms with Crippen LogP contribution in [-0.4, -0.2) is 98.4 Å². The number of carbonyl (C=O) groups is 5. The third-order valence-corrected chi connectivity index (χ3v) is 10.2. The van der Waals surface area contributed by atoms with Gasteiger partial charge in [0.15, 0.2) is 49.2 Å². The van der Waals surface area contributed by atoms with E-state index in [1.54, 1.807) is 141 Å². The van der Waals surface area contributed by atoms with Crippen molar-refractivity contribution in [2.24, 2.45) is 0 Å². The lowest BCUT2D eigenvalue weighted by Gasteiger charge is -2.48. The maximum absolute atomic E-state index is 14.0. The quantitative estimate of drug-likeness (QED) is 0.0914. The fourth-order valence-electron chi connectivity index (χ4n) is 7.09. The summed E-state index contributed by atoms with van der Waals surface area (Å²) in [6.45, 7) is 3.17. The van der Waals surface area contributed by atoms with Crippen LogP contribution in [0.2, 0.25) is 0 Å². The van der Waals surface area contributed by atoms with Crippen molar-refractivity contribution < 1.29 is 66.6 Å². The summed E-state index contributed by atoms with van der Waals surface area (Å²) in [5.41, 5.74) is 0.870. The van der Waals surface area contributed by atoms with Gasteiger partial charge >= 0.3 is 29.8 Å². The van der Waals surface area contributed by atoms with Crippen molar-refractivity contribution in [3.05, 3.63) is 179 Å². The fraction of sp³-hybridized carbons (Fsp3) is 0.271. The van der Waals surface area contributed by atoms with Gasteiger partial charge < -0.3 is 42.6 Å². The highest BCUT2D eigenvalue weighted by atomic mass is 16.8. The van der Waals surface area contributed by atoms with E-state index in [0.29, 0.717) is 0 Å². The molecule has 0 aliphatic carbocycles. The Hall–Kier alpha value is -6.71. The molecule has 0 spiro atoms. The molecule has 2 aliphatic rings. The highest BCUT2D eigenvalue weighted by Gasteiger charge is 2.56. The van der Waals surface area contributed by atoms with Gasteiger partial charge in [0, 0.05) is 7.11 Å². The highest BCUT2D eigenvalue weighted by molar-refractivity contribution is 5.92. The van der Waals surface area contributed by atoms with Gasteiger partial charge in [-0.15, -0.1) is 0 Å². The van der Waals surface area contributed by atoms with Crippen LogP contribution in [0.25, 0.3) is 0 Å². The van der Waals surface area contributed by atoms with Gasteiger partial charge in [-0.05, 0) is 74.5 Å². The Morgan fingerprint density at radius 2 is 0.613 bits per heavy atom. The zero-order valence-electron chi connectivity index (χ0n) is 33.9. The Morgan fingerprint density at radius 3 is 0.919 bits per heavy atom. The molecule has 14 nitrogen and oxygen atoms in total. The molecule has 0 unspecified atom stereocenters. The third-order valence-electron chi connectivity index (χ3n) is 10.2. The molecule has 2 saturated heterocycles. The molecule has 14 heteroatoms. The zero-order chi connectivity index (χ0) is 43.6. The van der Waals surface area contributed by atoms with Crippen molar-refractivity contribution in [3.63, 3.8) is 0 Å². The van der Waals surface area contributed by atoms with E-state index in [4.69, 9.17) is 42.6 Å². The first-order valence-corrected chi connectivity index (χ1v) is 19.9. The molecule has 0 aromatic heterocycles. The maximum atomic E-state index is 14.0. The minimum Gasteiger partial charge on any atom is -0.452 e. The van der Waals surface area contributed by atoms with Gasteiger partial charge in [0.05, 0.1) is 40.0 Å². The number of esters is 5. The normalized spacial score (nSPS) is 25.7. The van der Waals surface area contributed by atoms with Gasteiger partial charge in [0.1, 0.15) is 0 Å². The molecule has 7 rings (SSSR count). The smallest absolute Gasteiger partial charge is 0.338 e. The van der Waals surface area contributed by atoms with Crippen LogP contribution in [0.1, 0.15) is 65.6 Å². The van der Waals surface area contributed by atoms with E-state index in [9.17, 15) is 24.0 Å². The Kier molecular flexibility index (Phi) is 14.2. The number of methoxy groups -OCH3 is 1. The second kappa shape index (κ2) is 20.2. The fourth-order valence-corrected chi connectivity index (χ4v) is 7.09. The van der Waals surface area contributed by atoms with Crippen LogP contribution >= 0.6 is 0 Å². The molecule has 320 valence electrons. The van der Waals surface area contributed by atoms with Gasteiger partial charge in [-0.2, -0.15) is 0 Å². The van der Waals surface area contributed by atoms with Crippen LogP contribution in [0.5, 0.6) is 0 Å². The first-order valence-electron chi connectivity index (χ1n) is 19.9. The summed E-state index contributed by atoms with van der Waals surface area (Å²) in [4.78, 5) is 68.9. The summed E-state index contributed by atoms with van der Waals surface area (Å²) in [5.74, 6) is -4.01. The molecule has 62 heavy (non-hydrogen) atoms. The molecular weight excluding hydrogens is 801 g/mol. The maximum Gasteiger partial charge on any atom is 0.338 e. The predicted octanol–water partition coefficient (Wildman–Crippen LogP) is 6.64. The van der Waals surface area contributed by atoms with E-state index in [1.165, 1.54) is 31.4 Å². The van der Waals surface area contributed by atoms with Crippen LogP contribution in [0, 0.1) is 0 Å². The number of rotatable bonds is 13. The molecule has 0 amide bonds. The molecule has 5 aromatic carbocycles. The van der Waals surface area contributed by atoms with Crippen LogP contribution in [0.15, 0.2) is 152 Å². The molecule has 2 aliphatic heterocycles. The Labute approximate surface area is 357 Å². The molecule has 0 N–H and O–H groups in total. The van der Waals surface area contributed by atoms with E-state index in [-0.39, 0.29) is 27.8 Å². The Bertz CT molecular complexity index is 2280. The van der Waals surface area contributed by atoms with Crippen LogP contribution in [0.4, 0.5) is 0 Å². The highest BCUT2D eigenvalue weighted by Crippen LogP contribution is 2.36. The Balaban J connectivity index is 1.29. The standard InChI is InChI=1S/C48H44O14/c1-29-36(57-42(49)31-19-9-4-10-20-31)38(59-44(51)33-23-13-6-14-24-33)40(47(54-3)55-29)62-48-41(61-46(53)35-27-17-8-18-28-35)39(60-45(52)34-25-15-7-16-26-34)37(30(2)56-48)58-43(50)32-21-11-5-12-22-32/h4-30,36-41,47-48H,1-3H3/t29-,30-,36-,37-,38+,39+,40-,41+,47-,48-/m0/s1. The van der Waals surface area contributed by atoms with E-state index in [0.717, 1.165) is 0 Å². The van der Waals surface area contributed by atoms with Crippen molar-refractivity contribution in [2.75, 3.05) is 7.11 Å². The third kappa shape index (κ3) is 10.2. The number of hydrogen-bond donors (Lipinski definition) is 0. The van der Waals surface area contributed by atoms with E-state index < -0.39 is 91.3 Å². The molecule has 2 fully saturated rings. The average molecular weight is 845 g/mol. The lowest BCUT2D eigenvalue weighted by molar-refractivity contribution is -0.356. The monoisotopic (exact) mass is 844 g/mol. The molecule has 10 atom stereocenters. The molecule has 0 bridgehead atoms. The van der Waals surface area contributed by atoms with Gasteiger partial charge in [0.2, 0.25) is 0 Å². The number of ether oxygens (including phenoxy) is 9. The van der Waals surface area contributed by atoms with Crippen LogP contribution in [-0.2, 0) is 42.6 Å². The number of carbonyl (C=O) groups excluding carboxylic acids is 5. The summed E-state index contributed by atoms with van der Waals surface area (Å²) >= 11 is 0. The summed E-state index contributed by atoms with van der Waals surface area (Å²) < 4.78 is 55.5. The average Bonchev–Trinajstić information content (AvgIpc) is 3.31. The minimum absolute atomic E-state index is 0.128. The summed E-state index contributed by atoms with van der Waals surface area (Å²) in [6, 6.07) is 40.6. The van der Waals surface area contributed by atoms with Crippen molar-refractivity contribution in [2.45, 2.75) is 75.3 Å². The van der Waals surface area contributed by atoms with Crippen molar-refractivity contribution in [1.29, 1.82) is 0 Å². The van der Waals surface area contributed by atoms with Gasteiger partial charge in [-0.25, -0.2) is 24.0 Å². The number of hydrogen-bond acceptors (Lipinski definition) is 14.